The van der Waals surface area contributed by atoms with E-state index >= 15 is 0 Å². The van der Waals surface area contributed by atoms with Crippen LogP contribution in [0, 0.1) is 19.8 Å². The van der Waals surface area contributed by atoms with Crippen molar-refractivity contribution < 1.29 is 22.8 Å². The molecule has 1 atom stereocenters. The third-order valence-electron chi connectivity index (χ3n) is 4.57. The van der Waals surface area contributed by atoms with Crippen LogP contribution < -0.4 is 10.2 Å². The van der Waals surface area contributed by atoms with Crippen LogP contribution in [0.4, 0.5) is 24.5 Å². The minimum Gasteiger partial charge on any atom is -0.324 e. The fourth-order valence-electron chi connectivity index (χ4n) is 3.27. The van der Waals surface area contributed by atoms with Crippen LogP contribution in [0.3, 0.4) is 0 Å². The fraction of sp³-hybridized carbons (Fsp3) is 0.300. The molecule has 1 heterocycles. The van der Waals surface area contributed by atoms with E-state index in [0.29, 0.717) is 5.69 Å². The maximum absolute atomic E-state index is 12.9. The number of carbonyl (C=O) groups is 2. The van der Waals surface area contributed by atoms with Gasteiger partial charge in [0.2, 0.25) is 11.8 Å². The molecule has 1 fully saturated rings. The average molecular weight is 411 g/mol. The lowest BCUT2D eigenvalue weighted by atomic mass is 10.1. The van der Waals surface area contributed by atoms with E-state index in [4.69, 9.17) is 11.6 Å². The summed E-state index contributed by atoms with van der Waals surface area (Å²) in [5, 5.41) is 2.43. The molecule has 0 unspecified atom stereocenters. The molecule has 148 valence electrons. The zero-order valence-corrected chi connectivity index (χ0v) is 16.0. The molecule has 0 aromatic heterocycles. The molecule has 8 heteroatoms. The van der Waals surface area contributed by atoms with Crippen molar-refractivity contribution in [1.82, 2.24) is 0 Å². The van der Waals surface area contributed by atoms with Gasteiger partial charge in [0.05, 0.1) is 22.2 Å². The van der Waals surface area contributed by atoms with Crippen LogP contribution in [0.25, 0.3) is 0 Å². The lowest BCUT2D eigenvalue weighted by Gasteiger charge is -2.18. The number of hydrogen-bond acceptors (Lipinski definition) is 2. The van der Waals surface area contributed by atoms with Crippen LogP contribution in [0.15, 0.2) is 36.4 Å². The first kappa shape index (κ1) is 20.2. The molecule has 1 aliphatic heterocycles. The molecule has 4 nitrogen and oxygen atoms in total. The molecule has 1 aliphatic rings. The Morgan fingerprint density at radius 1 is 1.14 bits per heavy atom. The maximum Gasteiger partial charge on any atom is 0.416 e. The zero-order chi connectivity index (χ0) is 20.6. The molecule has 2 aromatic rings. The standard InChI is InChI=1S/C20H18ClF3N2O2/c1-11-5-12(2)7-15(6-11)26-10-13(8-18(26)27)19(28)25-17-9-14(20(22,23)24)3-4-16(17)21/h3-7,9,13H,8,10H2,1-2H3,(H,25,28)/t13-/m1/s1. The summed E-state index contributed by atoms with van der Waals surface area (Å²) >= 11 is 5.93. The summed E-state index contributed by atoms with van der Waals surface area (Å²) in [5.41, 5.74) is 1.65. The number of amides is 2. The molecule has 0 aliphatic carbocycles. The van der Waals surface area contributed by atoms with E-state index < -0.39 is 23.6 Å². The van der Waals surface area contributed by atoms with Gasteiger partial charge in [-0.25, -0.2) is 0 Å². The van der Waals surface area contributed by atoms with Gasteiger partial charge in [0, 0.05) is 18.7 Å². The van der Waals surface area contributed by atoms with Crippen molar-refractivity contribution in [2.24, 2.45) is 5.92 Å². The van der Waals surface area contributed by atoms with Gasteiger partial charge in [0.1, 0.15) is 0 Å². The van der Waals surface area contributed by atoms with Crippen LogP contribution in [0.5, 0.6) is 0 Å². The highest BCUT2D eigenvalue weighted by molar-refractivity contribution is 6.33. The maximum atomic E-state index is 12.9. The second kappa shape index (κ2) is 7.47. The van der Waals surface area contributed by atoms with Gasteiger partial charge in [-0.15, -0.1) is 0 Å². The smallest absolute Gasteiger partial charge is 0.324 e. The highest BCUT2D eigenvalue weighted by atomic mass is 35.5. The number of carbonyl (C=O) groups excluding carboxylic acids is 2. The van der Waals surface area contributed by atoms with Crippen LogP contribution >= 0.6 is 11.6 Å². The second-order valence-electron chi connectivity index (χ2n) is 6.93. The number of hydrogen-bond donors (Lipinski definition) is 1. The van der Waals surface area contributed by atoms with E-state index in [1.165, 1.54) is 4.90 Å². The lowest BCUT2D eigenvalue weighted by molar-refractivity contribution is -0.137. The molecule has 0 spiro atoms. The SMILES string of the molecule is Cc1cc(C)cc(N2C[C@H](C(=O)Nc3cc(C(F)(F)F)ccc3Cl)CC2=O)c1. The Morgan fingerprint density at radius 2 is 1.79 bits per heavy atom. The number of alkyl halides is 3. The van der Waals surface area contributed by atoms with E-state index in [1.54, 1.807) is 0 Å². The summed E-state index contributed by atoms with van der Waals surface area (Å²) in [6.07, 6.45) is -4.57. The van der Waals surface area contributed by atoms with Gasteiger partial charge < -0.3 is 10.2 Å². The van der Waals surface area contributed by atoms with Gasteiger partial charge in [0.25, 0.3) is 0 Å². The van der Waals surface area contributed by atoms with Gasteiger partial charge in [-0.3, -0.25) is 9.59 Å². The van der Waals surface area contributed by atoms with Crippen molar-refractivity contribution in [3.8, 4) is 0 Å². The van der Waals surface area contributed by atoms with Gasteiger partial charge in [-0.1, -0.05) is 17.7 Å². The Labute approximate surface area is 165 Å². The third-order valence-corrected chi connectivity index (χ3v) is 4.90. The third kappa shape index (κ3) is 4.30. The van der Waals surface area contributed by atoms with E-state index in [-0.39, 0.29) is 29.6 Å². The summed E-state index contributed by atoms with van der Waals surface area (Å²) < 4.78 is 38.7. The summed E-state index contributed by atoms with van der Waals surface area (Å²) in [6.45, 7) is 3.98. The van der Waals surface area contributed by atoms with Crippen molar-refractivity contribution in [2.75, 3.05) is 16.8 Å². The molecular weight excluding hydrogens is 393 g/mol. The number of rotatable bonds is 3. The molecule has 1 saturated heterocycles. The van der Waals surface area contributed by atoms with Gasteiger partial charge in [-0.05, 0) is 55.3 Å². The summed E-state index contributed by atoms with van der Waals surface area (Å²) in [5.74, 6) is -1.43. The van der Waals surface area contributed by atoms with Crippen molar-refractivity contribution in [3.63, 3.8) is 0 Å². The van der Waals surface area contributed by atoms with Crippen LogP contribution in [-0.2, 0) is 15.8 Å². The number of nitrogens with zero attached hydrogens (tertiary/aromatic N) is 1. The van der Waals surface area contributed by atoms with Crippen molar-refractivity contribution in [2.45, 2.75) is 26.4 Å². The quantitative estimate of drug-likeness (QED) is 0.776. The first-order chi connectivity index (χ1) is 13.0. The van der Waals surface area contributed by atoms with Crippen LogP contribution in [0.1, 0.15) is 23.1 Å². The molecule has 2 aromatic carbocycles. The molecule has 0 bridgehead atoms. The summed E-state index contributed by atoms with van der Waals surface area (Å²) in [6, 6.07) is 8.41. The Balaban J connectivity index is 1.77. The molecule has 0 radical (unpaired) electrons. The minimum atomic E-state index is -4.55. The number of benzene rings is 2. The second-order valence-corrected chi connectivity index (χ2v) is 7.34. The molecule has 28 heavy (non-hydrogen) atoms. The molecule has 0 saturated carbocycles. The van der Waals surface area contributed by atoms with Gasteiger partial charge >= 0.3 is 6.18 Å². The largest absolute Gasteiger partial charge is 0.416 e. The van der Waals surface area contributed by atoms with Crippen molar-refractivity contribution in [3.05, 3.63) is 58.1 Å². The predicted octanol–water partition coefficient (Wildman–Crippen LogP) is 4.97. The van der Waals surface area contributed by atoms with E-state index in [0.717, 1.165) is 29.3 Å². The highest BCUT2D eigenvalue weighted by Crippen LogP contribution is 2.34. The van der Waals surface area contributed by atoms with E-state index in [1.807, 2.05) is 32.0 Å². The van der Waals surface area contributed by atoms with E-state index in [2.05, 4.69) is 5.32 Å². The topological polar surface area (TPSA) is 49.4 Å². The highest BCUT2D eigenvalue weighted by Gasteiger charge is 2.36. The molecular formula is C20H18ClF3N2O2. The Morgan fingerprint density at radius 3 is 2.39 bits per heavy atom. The average Bonchev–Trinajstić information content (AvgIpc) is 2.97. The monoisotopic (exact) mass is 410 g/mol. The van der Waals surface area contributed by atoms with Crippen LogP contribution in [-0.4, -0.2) is 18.4 Å². The predicted molar refractivity (Wildman–Crippen MR) is 101 cm³/mol. The molecule has 1 N–H and O–H groups in total. The summed E-state index contributed by atoms with van der Waals surface area (Å²) in [7, 11) is 0. The fourth-order valence-corrected chi connectivity index (χ4v) is 3.44. The van der Waals surface area contributed by atoms with Crippen molar-refractivity contribution in [1.29, 1.82) is 0 Å². The normalized spacial score (nSPS) is 17.1. The first-order valence-electron chi connectivity index (χ1n) is 8.61. The van der Waals surface area contributed by atoms with Crippen LogP contribution in [0.2, 0.25) is 5.02 Å². The first-order valence-corrected chi connectivity index (χ1v) is 8.98. The Hall–Kier alpha value is -2.54. The van der Waals surface area contributed by atoms with Gasteiger partial charge in [0.15, 0.2) is 0 Å². The molecule has 2 amide bonds. The number of anilines is 2. The minimum absolute atomic E-state index is 0.00293. The zero-order valence-electron chi connectivity index (χ0n) is 15.2. The lowest BCUT2D eigenvalue weighted by Crippen LogP contribution is -2.28. The van der Waals surface area contributed by atoms with Gasteiger partial charge in [-0.2, -0.15) is 13.2 Å². The number of aryl methyl sites for hydroxylation is 2. The molecule has 3 rings (SSSR count). The number of nitrogens with one attached hydrogen (secondary N) is 1. The number of halogens is 4. The Kier molecular flexibility index (Phi) is 5.39. The Bertz CT molecular complexity index is 923. The summed E-state index contributed by atoms with van der Waals surface area (Å²) in [4.78, 5) is 26.5. The van der Waals surface area contributed by atoms with Crippen molar-refractivity contribution >= 4 is 34.8 Å². The van der Waals surface area contributed by atoms with E-state index in [9.17, 15) is 22.8 Å².